The predicted molar refractivity (Wildman–Crippen MR) is 97.7 cm³/mol. The summed E-state index contributed by atoms with van der Waals surface area (Å²) >= 11 is 0. The molecule has 0 aliphatic carbocycles. The molecule has 24 heavy (non-hydrogen) atoms. The summed E-state index contributed by atoms with van der Waals surface area (Å²) in [4.78, 5) is 19.2. The molecule has 1 N–H and O–H groups in total. The van der Waals surface area contributed by atoms with E-state index in [-0.39, 0.29) is 5.91 Å². The molecule has 2 aromatic rings. The second kappa shape index (κ2) is 7.47. The first kappa shape index (κ1) is 16.5. The van der Waals surface area contributed by atoms with Gasteiger partial charge in [0.1, 0.15) is 5.69 Å². The van der Waals surface area contributed by atoms with Crippen LogP contribution in [0.4, 0.5) is 11.4 Å². The number of rotatable bonds is 4. The minimum atomic E-state index is 0.0504. The second-order valence-corrected chi connectivity index (χ2v) is 6.48. The Bertz CT molecular complexity index is 714. The molecule has 0 bridgehead atoms. The van der Waals surface area contributed by atoms with Gasteiger partial charge in [0.2, 0.25) is 0 Å². The first-order valence-electron chi connectivity index (χ1n) is 8.78. The molecule has 1 aromatic carbocycles. The number of aromatic nitrogens is 1. The van der Waals surface area contributed by atoms with Crippen LogP contribution in [0.2, 0.25) is 0 Å². The van der Waals surface area contributed by atoms with Crippen molar-refractivity contribution in [2.75, 3.05) is 11.9 Å². The molecule has 0 spiro atoms. The van der Waals surface area contributed by atoms with Crippen LogP contribution < -0.4 is 5.32 Å². The number of carbonyl (C=O) groups excluding carboxylic acids is 1. The Morgan fingerprint density at radius 1 is 1.25 bits per heavy atom. The quantitative estimate of drug-likeness (QED) is 0.898. The number of carbonyl (C=O) groups is 1. The number of aryl methyl sites for hydroxylation is 1. The summed E-state index contributed by atoms with van der Waals surface area (Å²) in [5.74, 6) is 0.0504. The summed E-state index contributed by atoms with van der Waals surface area (Å²) in [5, 5.41) is 3.36. The third-order valence-electron chi connectivity index (χ3n) is 4.65. The van der Waals surface area contributed by atoms with Crippen LogP contribution in [0, 0.1) is 6.92 Å². The molecule has 1 amide bonds. The highest BCUT2D eigenvalue weighted by molar-refractivity contribution is 5.93. The molecule has 1 aliphatic rings. The Hall–Kier alpha value is -2.36. The maximum absolute atomic E-state index is 12.9. The van der Waals surface area contributed by atoms with E-state index in [1.165, 1.54) is 12.0 Å². The zero-order valence-electron chi connectivity index (χ0n) is 14.5. The fraction of sp³-hybridized carbons (Fsp3) is 0.400. The van der Waals surface area contributed by atoms with Gasteiger partial charge in [0.15, 0.2) is 0 Å². The van der Waals surface area contributed by atoms with Crippen LogP contribution in [-0.4, -0.2) is 28.4 Å². The SMILES string of the molecule is CCC1CCCCN1C(=O)c1cc(Nc2cccc(C)c2)ccn1. The maximum Gasteiger partial charge on any atom is 0.272 e. The third kappa shape index (κ3) is 3.75. The van der Waals surface area contributed by atoms with E-state index < -0.39 is 0 Å². The zero-order chi connectivity index (χ0) is 16.9. The number of likely N-dealkylation sites (tertiary alicyclic amines) is 1. The van der Waals surface area contributed by atoms with Crippen molar-refractivity contribution in [3.63, 3.8) is 0 Å². The molecule has 1 fully saturated rings. The van der Waals surface area contributed by atoms with Crippen molar-refractivity contribution < 1.29 is 4.79 Å². The van der Waals surface area contributed by atoms with Crippen LogP contribution in [0.15, 0.2) is 42.6 Å². The van der Waals surface area contributed by atoms with E-state index in [2.05, 4.69) is 36.3 Å². The lowest BCUT2D eigenvalue weighted by molar-refractivity contribution is 0.0602. The van der Waals surface area contributed by atoms with Crippen LogP contribution in [0.5, 0.6) is 0 Å². The van der Waals surface area contributed by atoms with Gasteiger partial charge in [-0.2, -0.15) is 0 Å². The topological polar surface area (TPSA) is 45.2 Å². The smallest absolute Gasteiger partial charge is 0.272 e. The molecule has 4 nitrogen and oxygen atoms in total. The van der Waals surface area contributed by atoms with E-state index >= 15 is 0 Å². The number of pyridine rings is 1. The number of hydrogen-bond acceptors (Lipinski definition) is 3. The molecule has 2 heterocycles. The average Bonchev–Trinajstić information content (AvgIpc) is 2.61. The lowest BCUT2D eigenvalue weighted by Crippen LogP contribution is -2.43. The van der Waals surface area contributed by atoms with Gasteiger partial charge in [0.25, 0.3) is 5.91 Å². The van der Waals surface area contributed by atoms with E-state index in [0.717, 1.165) is 37.2 Å². The highest BCUT2D eigenvalue weighted by Crippen LogP contribution is 2.23. The fourth-order valence-corrected chi connectivity index (χ4v) is 3.35. The lowest BCUT2D eigenvalue weighted by Gasteiger charge is -2.35. The summed E-state index contributed by atoms with van der Waals surface area (Å²) in [6.07, 6.45) is 6.11. The van der Waals surface area contributed by atoms with Gasteiger partial charge in [0, 0.05) is 30.2 Å². The Labute approximate surface area is 143 Å². The summed E-state index contributed by atoms with van der Waals surface area (Å²) in [6, 6.07) is 12.3. The predicted octanol–water partition coefficient (Wildman–Crippen LogP) is 4.54. The van der Waals surface area contributed by atoms with Crippen molar-refractivity contribution in [2.24, 2.45) is 0 Å². The van der Waals surface area contributed by atoms with Crippen LogP contribution in [-0.2, 0) is 0 Å². The zero-order valence-corrected chi connectivity index (χ0v) is 14.5. The van der Waals surface area contributed by atoms with Crippen molar-refractivity contribution >= 4 is 17.3 Å². The van der Waals surface area contributed by atoms with Gasteiger partial charge in [-0.3, -0.25) is 9.78 Å². The molecule has 1 aromatic heterocycles. The number of nitrogens with one attached hydrogen (secondary N) is 1. The summed E-state index contributed by atoms with van der Waals surface area (Å²) in [7, 11) is 0. The van der Waals surface area contributed by atoms with Gasteiger partial charge in [0.05, 0.1) is 0 Å². The fourth-order valence-electron chi connectivity index (χ4n) is 3.35. The van der Waals surface area contributed by atoms with Crippen molar-refractivity contribution in [1.29, 1.82) is 0 Å². The molecule has 1 unspecified atom stereocenters. The minimum absolute atomic E-state index is 0.0504. The number of hydrogen-bond donors (Lipinski definition) is 1. The van der Waals surface area contributed by atoms with E-state index in [1.807, 2.05) is 29.2 Å². The molecular weight excluding hydrogens is 298 g/mol. The summed E-state index contributed by atoms with van der Waals surface area (Å²) in [5.41, 5.74) is 3.63. The maximum atomic E-state index is 12.9. The molecule has 1 atom stereocenters. The van der Waals surface area contributed by atoms with Crippen LogP contribution in [0.1, 0.15) is 48.7 Å². The van der Waals surface area contributed by atoms with Crippen molar-refractivity contribution in [2.45, 2.75) is 45.6 Å². The molecule has 0 saturated carbocycles. The summed E-state index contributed by atoms with van der Waals surface area (Å²) in [6.45, 7) is 5.06. The number of amides is 1. The van der Waals surface area contributed by atoms with Gasteiger partial charge in [-0.25, -0.2) is 0 Å². The normalized spacial score (nSPS) is 17.6. The Kier molecular flexibility index (Phi) is 5.14. The van der Waals surface area contributed by atoms with E-state index in [9.17, 15) is 4.79 Å². The Morgan fingerprint density at radius 2 is 2.08 bits per heavy atom. The second-order valence-electron chi connectivity index (χ2n) is 6.48. The molecular formula is C20H25N3O. The number of nitrogens with zero attached hydrogens (tertiary/aromatic N) is 2. The van der Waals surface area contributed by atoms with Crippen LogP contribution >= 0.6 is 0 Å². The first-order valence-corrected chi connectivity index (χ1v) is 8.78. The van der Waals surface area contributed by atoms with E-state index in [4.69, 9.17) is 0 Å². The van der Waals surface area contributed by atoms with Crippen LogP contribution in [0.25, 0.3) is 0 Å². The van der Waals surface area contributed by atoms with Crippen molar-refractivity contribution in [3.8, 4) is 0 Å². The molecule has 126 valence electrons. The van der Waals surface area contributed by atoms with Gasteiger partial charge in [-0.1, -0.05) is 19.1 Å². The number of piperidine rings is 1. The van der Waals surface area contributed by atoms with Crippen molar-refractivity contribution in [3.05, 3.63) is 53.9 Å². The molecule has 3 rings (SSSR count). The molecule has 4 heteroatoms. The van der Waals surface area contributed by atoms with Gasteiger partial charge in [-0.15, -0.1) is 0 Å². The monoisotopic (exact) mass is 323 g/mol. The van der Waals surface area contributed by atoms with Gasteiger partial charge < -0.3 is 10.2 Å². The van der Waals surface area contributed by atoms with Crippen LogP contribution in [0.3, 0.4) is 0 Å². The lowest BCUT2D eigenvalue weighted by atomic mass is 9.99. The molecule has 0 radical (unpaired) electrons. The van der Waals surface area contributed by atoms with E-state index in [0.29, 0.717) is 11.7 Å². The van der Waals surface area contributed by atoms with Gasteiger partial charge in [-0.05, 0) is 62.4 Å². The van der Waals surface area contributed by atoms with E-state index in [1.54, 1.807) is 6.20 Å². The highest BCUT2D eigenvalue weighted by Gasteiger charge is 2.26. The number of anilines is 2. The highest BCUT2D eigenvalue weighted by atomic mass is 16.2. The largest absolute Gasteiger partial charge is 0.355 e. The average molecular weight is 323 g/mol. The van der Waals surface area contributed by atoms with Crippen molar-refractivity contribution in [1.82, 2.24) is 9.88 Å². The molecule has 1 aliphatic heterocycles. The minimum Gasteiger partial charge on any atom is -0.355 e. The molecule has 1 saturated heterocycles. The standard InChI is InChI=1S/C20H25N3O/c1-3-18-9-4-5-12-23(18)20(24)19-14-17(10-11-21-19)22-16-8-6-7-15(2)13-16/h6-8,10-11,13-14,18H,3-5,9,12H2,1-2H3,(H,21,22). The third-order valence-corrected chi connectivity index (χ3v) is 4.65. The Balaban J connectivity index is 1.78. The number of benzene rings is 1. The summed E-state index contributed by atoms with van der Waals surface area (Å²) < 4.78 is 0. The Morgan fingerprint density at radius 3 is 2.88 bits per heavy atom. The van der Waals surface area contributed by atoms with Gasteiger partial charge >= 0.3 is 0 Å². The first-order chi connectivity index (χ1) is 11.7.